The Hall–Kier alpha value is -3.08. The molecule has 0 bridgehead atoms. The fourth-order valence-corrected chi connectivity index (χ4v) is 3.61. The fourth-order valence-electron chi connectivity index (χ4n) is 3.61. The lowest BCUT2D eigenvalue weighted by Crippen LogP contribution is -2.29. The number of piperidine rings is 1. The first-order valence-electron chi connectivity index (χ1n) is 9.95. The van der Waals surface area contributed by atoms with Crippen LogP contribution in [0.5, 0.6) is 0 Å². The predicted octanol–water partition coefficient (Wildman–Crippen LogP) is 3.85. The van der Waals surface area contributed by atoms with Crippen molar-refractivity contribution in [3.63, 3.8) is 0 Å². The third kappa shape index (κ3) is 4.60. The van der Waals surface area contributed by atoms with Crippen molar-refractivity contribution < 1.29 is 4.79 Å². The van der Waals surface area contributed by atoms with Crippen molar-refractivity contribution in [2.75, 3.05) is 18.0 Å². The van der Waals surface area contributed by atoms with Gasteiger partial charge in [-0.2, -0.15) is 0 Å². The molecule has 5 nitrogen and oxygen atoms in total. The molecule has 5 heteroatoms. The highest BCUT2D eigenvalue weighted by Crippen LogP contribution is 2.20. The highest BCUT2D eigenvalue weighted by Gasteiger charge is 2.11. The first-order valence-corrected chi connectivity index (χ1v) is 9.95. The van der Waals surface area contributed by atoms with Crippen molar-refractivity contribution in [1.82, 2.24) is 14.9 Å². The predicted molar refractivity (Wildman–Crippen MR) is 111 cm³/mol. The average molecular weight is 374 g/mol. The summed E-state index contributed by atoms with van der Waals surface area (Å²) in [7, 11) is 0. The molecule has 0 spiro atoms. The van der Waals surface area contributed by atoms with E-state index in [4.69, 9.17) is 0 Å². The van der Waals surface area contributed by atoms with Gasteiger partial charge in [-0.15, -0.1) is 0 Å². The number of hydrogen-bond acceptors (Lipinski definition) is 3. The molecule has 1 saturated heterocycles. The molecule has 1 N–H and O–H groups in total. The lowest BCUT2D eigenvalue weighted by molar-refractivity contribution is 0.0951. The topological polar surface area (TPSA) is 50.2 Å². The Labute approximate surface area is 166 Å². The summed E-state index contributed by atoms with van der Waals surface area (Å²) in [6.45, 7) is 3.58. The van der Waals surface area contributed by atoms with Gasteiger partial charge in [0.15, 0.2) is 0 Å². The third-order valence-corrected chi connectivity index (χ3v) is 5.25. The molecular weight excluding hydrogens is 348 g/mol. The van der Waals surface area contributed by atoms with E-state index in [9.17, 15) is 4.79 Å². The standard InChI is InChI=1S/C23H26N4O/c28-23(21-8-4-20(5-9-21)17-26-15-12-24-18-26)25-16-19-6-10-22(11-7-19)27-13-2-1-3-14-27/h4-12,15,18H,1-3,13-14,16-17H2,(H,25,28). The van der Waals surface area contributed by atoms with Crippen LogP contribution in [0.2, 0.25) is 0 Å². The highest BCUT2D eigenvalue weighted by molar-refractivity contribution is 5.94. The molecule has 2 aromatic carbocycles. The van der Waals surface area contributed by atoms with E-state index in [-0.39, 0.29) is 5.91 Å². The Balaban J connectivity index is 1.30. The Morgan fingerprint density at radius 2 is 1.64 bits per heavy atom. The number of hydrogen-bond donors (Lipinski definition) is 1. The molecule has 0 aliphatic carbocycles. The van der Waals surface area contributed by atoms with Gasteiger partial charge in [-0.3, -0.25) is 4.79 Å². The van der Waals surface area contributed by atoms with E-state index in [0.717, 1.165) is 30.8 Å². The highest BCUT2D eigenvalue weighted by atomic mass is 16.1. The van der Waals surface area contributed by atoms with Crippen LogP contribution in [-0.2, 0) is 13.1 Å². The molecule has 28 heavy (non-hydrogen) atoms. The molecule has 1 aliphatic rings. The van der Waals surface area contributed by atoms with Crippen molar-refractivity contribution in [2.24, 2.45) is 0 Å². The summed E-state index contributed by atoms with van der Waals surface area (Å²) in [6.07, 6.45) is 9.37. The molecule has 1 amide bonds. The zero-order chi connectivity index (χ0) is 19.2. The van der Waals surface area contributed by atoms with Crippen molar-refractivity contribution in [3.8, 4) is 0 Å². The SMILES string of the molecule is O=C(NCc1ccc(N2CCCCC2)cc1)c1ccc(Cn2ccnc2)cc1. The van der Waals surface area contributed by atoms with Crippen LogP contribution in [-0.4, -0.2) is 28.5 Å². The number of carbonyl (C=O) groups is 1. The Morgan fingerprint density at radius 3 is 2.32 bits per heavy atom. The number of rotatable bonds is 6. The largest absolute Gasteiger partial charge is 0.372 e. The summed E-state index contributed by atoms with van der Waals surface area (Å²) in [5, 5.41) is 3.01. The maximum Gasteiger partial charge on any atom is 0.251 e. The number of nitrogens with zero attached hydrogens (tertiary/aromatic N) is 3. The van der Waals surface area contributed by atoms with Crippen LogP contribution in [0.3, 0.4) is 0 Å². The van der Waals surface area contributed by atoms with Gasteiger partial charge < -0.3 is 14.8 Å². The van der Waals surface area contributed by atoms with E-state index in [1.165, 1.54) is 24.9 Å². The van der Waals surface area contributed by atoms with E-state index in [0.29, 0.717) is 12.1 Å². The van der Waals surface area contributed by atoms with Gasteiger partial charge in [0, 0.05) is 49.8 Å². The van der Waals surface area contributed by atoms with Crippen molar-refractivity contribution in [1.29, 1.82) is 0 Å². The smallest absolute Gasteiger partial charge is 0.251 e. The molecule has 0 atom stereocenters. The normalized spacial score (nSPS) is 14.1. The molecule has 4 rings (SSSR count). The number of anilines is 1. The Kier molecular flexibility index (Phi) is 5.71. The molecule has 3 aromatic rings. The van der Waals surface area contributed by atoms with E-state index >= 15 is 0 Å². The second-order valence-corrected chi connectivity index (χ2v) is 7.33. The van der Waals surface area contributed by atoms with Gasteiger partial charge in [0.25, 0.3) is 5.91 Å². The summed E-state index contributed by atoms with van der Waals surface area (Å²) >= 11 is 0. The van der Waals surface area contributed by atoms with Gasteiger partial charge in [-0.1, -0.05) is 24.3 Å². The number of nitrogens with one attached hydrogen (secondary N) is 1. The zero-order valence-corrected chi connectivity index (χ0v) is 16.1. The van der Waals surface area contributed by atoms with E-state index < -0.39 is 0 Å². The lowest BCUT2D eigenvalue weighted by Gasteiger charge is -2.28. The van der Waals surface area contributed by atoms with Crippen molar-refractivity contribution >= 4 is 11.6 Å². The van der Waals surface area contributed by atoms with Crippen LogP contribution in [0.1, 0.15) is 40.7 Å². The lowest BCUT2D eigenvalue weighted by atomic mass is 10.1. The quantitative estimate of drug-likeness (QED) is 0.713. The van der Waals surface area contributed by atoms with Gasteiger partial charge in [0.05, 0.1) is 6.33 Å². The van der Waals surface area contributed by atoms with Gasteiger partial charge >= 0.3 is 0 Å². The number of benzene rings is 2. The average Bonchev–Trinajstić information content (AvgIpc) is 3.27. The van der Waals surface area contributed by atoms with Crippen molar-refractivity contribution in [3.05, 3.63) is 83.9 Å². The Morgan fingerprint density at radius 1 is 0.929 bits per heavy atom. The molecule has 144 valence electrons. The number of imidazole rings is 1. The monoisotopic (exact) mass is 374 g/mol. The molecule has 0 unspecified atom stereocenters. The third-order valence-electron chi connectivity index (χ3n) is 5.25. The molecule has 1 aliphatic heterocycles. The maximum absolute atomic E-state index is 12.4. The Bertz CT molecular complexity index is 879. The van der Waals surface area contributed by atoms with Crippen LogP contribution < -0.4 is 10.2 Å². The number of amides is 1. The molecule has 0 saturated carbocycles. The molecular formula is C23H26N4O. The van der Waals surface area contributed by atoms with Crippen LogP contribution in [0, 0.1) is 0 Å². The van der Waals surface area contributed by atoms with Gasteiger partial charge in [-0.05, 0) is 54.7 Å². The van der Waals surface area contributed by atoms with Crippen LogP contribution in [0.4, 0.5) is 5.69 Å². The van der Waals surface area contributed by atoms with Gasteiger partial charge in [0.1, 0.15) is 0 Å². The van der Waals surface area contributed by atoms with Gasteiger partial charge in [0.2, 0.25) is 0 Å². The van der Waals surface area contributed by atoms with E-state index in [1.54, 1.807) is 12.5 Å². The number of carbonyl (C=O) groups excluding carboxylic acids is 1. The minimum atomic E-state index is -0.0470. The summed E-state index contributed by atoms with van der Waals surface area (Å²) in [5.41, 5.74) is 4.22. The molecule has 0 radical (unpaired) electrons. The fraction of sp³-hybridized carbons (Fsp3) is 0.304. The second-order valence-electron chi connectivity index (χ2n) is 7.33. The molecule has 1 fully saturated rings. The maximum atomic E-state index is 12.4. The summed E-state index contributed by atoms with van der Waals surface area (Å²) < 4.78 is 2.00. The summed E-state index contributed by atoms with van der Waals surface area (Å²) in [4.78, 5) is 18.9. The molecule has 2 heterocycles. The minimum absolute atomic E-state index is 0.0470. The van der Waals surface area contributed by atoms with E-state index in [1.807, 2.05) is 35.0 Å². The minimum Gasteiger partial charge on any atom is -0.372 e. The summed E-state index contributed by atoms with van der Waals surface area (Å²) in [5.74, 6) is -0.0470. The number of aromatic nitrogens is 2. The van der Waals surface area contributed by atoms with Crippen molar-refractivity contribution in [2.45, 2.75) is 32.4 Å². The van der Waals surface area contributed by atoms with Crippen LogP contribution in [0.15, 0.2) is 67.3 Å². The van der Waals surface area contributed by atoms with Crippen LogP contribution in [0.25, 0.3) is 0 Å². The molecule has 1 aromatic heterocycles. The first kappa shape index (κ1) is 18.3. The summed E-state index contributed by atoms with van der Waals surface area (Å²) in [6, 6.07) is 16.3. The van der Waals surface area contributed by atoms with E-state index in [2.05, 4.69) is 39.5 Å². The van der Waals surface area contributed by atoms with Gasteiger partial charge in [-0.25, -0.2) is 4.98 Å². The zero-order valence-electron chi connectivity index (χ0n) is 16.1. The first-order chi connectivity index (χ1) is 13.8. The van der Waals surface area contributed by atoms with Crippen LogP contribution >= 0.6 is 0 Å². The second kappa shape index (κ2) is 8.74.